The summed E-state index contributed by atoms with van der Waals surface area (Å²) in [6.45, 7) is 0. The van der Waals surface area contributed by atoms with Gasteiger partial charge >= 0.3 is 46.8 Å². The van der Waals surface area contributed by atoms with Crippen LogP contribution in [0.3, 0.4) is 0 Å². The Morgan fingerprint density at radius 2 is 1.19 bits per heavy atom. The van der Waals surface area contributed by atoms with Crippen molar-refractivity contribution in [2.24, 2.45) is 11.8 Å². The van der Waals surface area contributed by atoms with Crippen LogP contribution in [-0.2, 0) is 18.9 Å². The van der Waals surface area contributed by atoms with Gasteiger partial charge in [0.15, 0.2) is 0 Å². The van der Waals surface area contributed by atoms with Crippen LogP contribution in [0.15, 0.2) is 0 Å². The first kappa shape index (κ1) is 30.9. The summed E-state index contributed by atoms with van der Waals surface area (Å²) in [5.41, 5.74) is 0. The minimum Gasteiger partial charge on any atom is -0.691 e. The SMILES string of the molecule is O=C(OC1C2CCC(C2)C1O)C(F)(SOO[O-])C(F)(F)C(F)(F)C(F)(F)C(F)(F)C(F)(F)C(F)(F)F. The minimum absolute atomic E-state index is 0.0229. The smallest absolute Gasteiger partial charge is 0.460 e. The van der Waals surface area contributed by atoms with Crippen LogP contribution in [0.4, 0.5) is 61.5 Å². The molecule has 0 saturated heterocycles. The van der Waals surface area contributed by atoms with Crippen LogP contribution in [0.1, 0.15) is 19.3 Å². The lowest BCUT2D eigenvalue weighted by Crippen LogP contribution is -2.73. The molecule has 2 saturated carbocycles. The van der Waals surface area contributed by atoms with Crippen LogP contribution < -0.4 is 5.26 Å². The fourth-order valence-electron chi connectivity index (χ4n) is 3.82. The summed E-state index contributed by atoms with van der Waals surface area (Å²) in [5.74, 6) is -45.7. The first-order valence-electron chi connectivity index (χ1n) is 9.14. The third kappa shape index (κ3) is 4.17. The normalized spacial score (nSPS) is 27.8. The third-order valence-electron chi connectivity index (χ3n) is 5.82. The molecule has 5 atom stereocenters. The molecule has 1 N–H and O–H groups in total. The van der Waals surface area contributed by atoms with Gasteiger partial charge < -0.3 is 15.1 Å². The molecule has 2 aliphatic carbocycles. The highest BCUT2D eigenvalue weighted by Crippen LogP contribution is 2.63. The topological polar surface area (TPSA) is 88.1 Å². The number of aliphatic hydroxyl groups is 1. The van der Waals surface area contributed by atoms with E-state index in [-0.39, 0.29) is 19.3 Å². The van der Waals surface area contributed by atoms with Crippen LogP contribution in [-0.4, -0.2) is 64.1 Å². The number of alkyl halides is 14. The highest BCUT2D eigenvalue weighted by molar-refractivity contribution is 7.96. The molecule has 0 amide bonds. The molecule has 0 radical (unpaired) electrons. The van der Waals surface area contributed by atoms with Crippen LogP contribution in [0.2, 0.25) is 0 Å². The second-order valence-corrected chi connectivity index (χ2v) is 8.74. The summed E-state index contributed by atoms with van der Waals surface area (Å²) in [7, 11) is 0. The van der Waals surface area contributed by atoms with E-state index in [9.17, 15) is 76.6 Å². The zero-order valence-electron chi connectivity index (χ0n) is 16.6. The molecule has 0 aromatic rings. The Bertz CT molecular complexity index is 836. The Kier molecular flexibility index (Phi) is 7.86. The average Bonchev–Trinajstić information content (AvgIpc) is 3.33. The summed E-state index contributed by atoms with van der Waals surface area (Å²) < 4.78 is 196. The number of halogens is 14. The van der Waals surface area contributed by atoms with Crippen molar-refractivity contribution in [2.75, 3.05) is 0 Å². The lowest BCUT2D eigenvalue weighted by Gasteiger charge is -2.42. The van der Waals surface area contributed by atoms with Crippen molar-refractivity contribution in [3.05, 3.63) is 0 Å². The molecular formula is C15H11F14O6S-. The standard InChI is InChI=1S/C15H12F14O6S/c16-9(36-35-34-32,8(31)33-7-5-2-1-4(3-5)6(7)30)10(17,18)11(19,20)12(21,22)13(23,24)14(25,26)15(27,28)29/h4-7,30,32H,1-3H2/p-1. The zero-order valence-corrected chi connectivity index (χ0v) is 17.4. The zero-order chi connectivity index (χ0) is 28.3. The highest BCUT2D eigenvalue weighted by atomic mass is 32.2. The Balaban J connectivity index is 2.53. The number of carbonyl (C=O) groups excluding carboxylic acids is 1. The molecule has 2 aliphatic rings. The lowest BCUT2D eigenvalue weighted by molar-refractivity contribution is -0.777. The van der Waals surface area contributed by atoms with Crippen molar-refractivity contribution < 1.29 is 90.7 Å². The monoisotopic (exact) mass is 585 g/mol. The van der Waals surface area contributed by atoms with E-state index in [1.807, 2.05) is 0 Å². The van der Waals surface area contributed by atoms with Crippen LogP contribution >= 0.6 is 12.0 Å². The number of hydrogen-bond acceptors (Lipinski definition) is 7. The summed E-state index contributed by atoms with van der Waals surface area (Å²) >= 11 is -2.17. The van der Waals surface area contributed by atoms with Crippen LogP contribution in [0, 0.1) is 11.8 Å². The van der Waals surface area contributed by atoms with Crippen molar-refractivity contribution in [2.45, 2.75) is 72.3 Å². The second kappa shape index (κ2) is 9.16. The summed E-state index contributed by atoms with van der Waals surface area (Å²) in [4.78, 5) is 12.0. The van der Waals surface area contributed by atoms with Crippen LogP contribution in [0.25, 0.3) is 0 Å². The molecular weight excluding hydrogens is 574 g/mol. The van der Waals surface area contributed by atoms with Gasteiger partial charge in [-0.05, 0) is 31.1 Å². The minimum atomic E-state index is -8.43. The molecule has 2 fully saturated rings. The van der Waals surface area contributed by atoms with E-state index in [0.29, 0.717) is 0 Å². The molecule has 21 heteroatoms. The molecule has 2 bridgehead atoms. The maximum Gasteiger partial charge on any atom is 0.460 e. The number of fused-ring (bicyclic) bond motifs is 2. The number of rotatable bonds is 10. The van der Waals surface area contributed by atoms with E-state index in [2.05, 4.69) is 14.1 Å². The quantitative estimate of drug-likeness (QED) is 0.137. The fraction of sp³-hybridized carbons (Fsp3) is 0.933. The van der Waals surface area contributed by atoms with E-state index in [1.54, 1.807) is 0 Å². The maximum absolute atomic E-state index is 15.0. The highest BCUT2D eigenvalue weighted by Gasteiger charge is 2.94. The van der Waals surface area contributed by atoms with Crippen molar-refractivity contribution in [1.82, 2.24) is 0 Å². The maximum atomic E-state index is 15.0. The van der Waals surface area contributed by atoms with Gasteiger partial charge in [0.2, 0.25) is 0 Å². The molecule has 0 aromatic carbocycles. The Hall–Kier alpha value is -1.32. The van der Waals surface area contributed by atoms with E-state index >= 15 is 0 Å². The van der Waals surface area contributed by atoms with Gasteiger partial charge in [0.05, 0.1) is 18.1 Å². The van der Waals surface area contributed by atoms with Gasteiger partial charge in [0.25, 0.3) is 0 Å². The molecule has 0 aliphatic heterocycles. The Morgan fingerprint density at radius 1 is 0.750 bits per heavy atom. The number of hydrogen-bond donors (Lipinski definition) is 1. The van der Waals surface area contributed by atoms with Crippen molar-refractivity contribution in [3.63, 3.8) is 0 Å². The van der Waals surface area contributed by atoms with E-state index < -0.39 is 82.8 Å². The van der Waals surface area contributed by atoms with Gasteiger partial charge in [-0.25, -0.2) is 9.18 Å². The summed E-state index contributed by atoms with van der Waals surface area (Å²) in [6, 6.07) is 0. The van der Waals surface area contributed by atoms with E-state index in [4.69, 9.17) is 0 Å². The molecule has 2 rings (SSSR count). The predicted octanol–water partition coefficient (Wildman–Crippen LogP) is 3.97. The molecule has 5 unspecified atom stereocenters. The van der Waals surface area contributed by atoms with Crippen molar-refractivity contribution in [1.29, 1.82) is 0 Å². The van der Waals surface area contributed by atoms with Gasteiger partial charge in [0.1, 0.15) is 6.10 Å². The van der Waals surface area contributed by atoms with E-state index in [0.717, 1.165) is 0 Å². The second-order valence-electron chi connectivity index (χ2n) is 7.88. The number of carbonyl (C=O) groups is 1. The number of aliphatic hydroxyl groups excluding tert-OH is 1. The number of esters is 1. The van der Waals surface area contributed by atoms with Crippen LogP contribution in [0.5, 0.6) is 0 Å². The first-order chi connectivity index (χ1) is 16.0. The van der Waals surface area contributed by atoms with Gasteiger partial charge in [-0.3, -0.25) is 5.04 Å². The van der Waals surface area contributed by atoms with Crippen molar-refractivity contribution in [3.8, 4) is 0 Å². The molecule has 36 heavy (non-hydrogen) atoms. The third-order valence-corrected chi connectivity index (χ3v) is 6.59. The predicted molar refractivity (Wildman–Crippen MR) is 81.1 cm³/mol. The largest absolute Gasteiger partial charge is 0.691 e. The molecule has 0 spiro atoms. The molecule has 212 valence electrons. The molecule has 0 heterocycles. The fourth-order valence-corrected chi connectivity index (χ4v) is 4.29. The van der Waals surface area contributed by atoms with Gasteiger partial charge in [-0.1, -0.05) is 0 Å². The lowest BCUT2D eigenvalue weighted by atomic mass is 9.91. The Morgan fingerprint density at radius 3 is 1.61 bits per heavy atom. The van der Waals surface area contributed by atoms with E-state index in [1.165, 1.54) is 0 Å². The molecule has 0 aromatic heterocycles. The van der Waals surface area contributed by atoms with Gasteiger partial charge in [0, 0.05) is 0 Å². The summed E-state index contributed by atoms with van der Waals surface area (Å²) in [5, 5.41) is 15.8. The molecule has 6 nitrogen and oxygen atoms in total. The first-order valence-corrected chi connectivity index (χ1v) is 9.88. The Labute approximate surface area is 193 Å². The van der Waals surface area contributed by atoms with Gasteiger partial charge in [-0.15, -0.1) is 0 Å². The number of ether oxygens (including phenoxy) is 1. The average molecular weight is 585 g/mol. The van der Waals surface area contributed by atoms with Gasteiger partial charge in [-0.2, -0.15) is 61.4 Å². The van der Waals surface area contributed by atoms with Crippen molar-refractivity contribution >= 4 is 18.0 Å². The summed E-state index contributed by atoms with van der Waals surface area (Å²) in [6.07, 6.45) is -11.0.